The molecule has 2 rings (SSSR count). The Kier molecular flexibility index (Phi) is 4.28. The van der Waals surface area contributed by atoms with Crippen molar-refractivity contribution >= 4 is 21.4 Å². The lowest BCUT2D eigenvalue weighted by atomic mass is 10.2. The standard InChI is InChI=1S/C12H20N4O2S/c13-11-4-3-10(19(14,17)18)9-12(11)15-5-8-16-6-1-2-7-16/h3-4,9,15H,1-2,5-8,13H2,(H2,14,17,18). The number of nitrogens with one attached hydrogen (secondary N) is 1. The first kappa shape index (κ1) is 14.1. The van der Waals surface area contributed by atoms with Gasteiger partial charge in [0.05, 0.1) is 16.3 Å². The summed E-state index contributed by atoms with van der Waals surface area (Å²) in [6.07, 6.45) is 2.51. The number of hydrogen-bond donors (Lipinski definition) is 3. The topological polar surface area (TPSA) is 101 Å². The second-order valence-electron chi connectivity index (χ2n) is 4.77. The second kappa shape index (κ2) is 5.77. The van der Waals surface area contributed by atoms with Crippen LogP contribution in [0.3, 0.4) is 0 Å². The number of anilines is 2. The fraction of sp³-hybridized carbons (Fsp3) is 0.500. The molecule has 1 fully saturated rings. The molecule has 19 heavy (non-hydrogen) atoms. The Morgan fingerprint density at radius 1 is 1.26 bits per heavy atom. The van der Waals surface area contributed by atoms with Crippen LogP contribution >= 0.6 is 0 Å². The van der Waals surface area contributed by atoms with E-state index in [1.165, 1.54) is 25.0 Å². The highest BCUT2D eigenvalue weighted by Gasteiger charge is 2.12. The Hall–Kier alpha value is -1.31. The number of sulfonamides is 1. The lowest BCUT2D eigenvalue weighted by Crippen LogP contribution is -2.26. The van der Waals surface area contributed by atoms with Crippen LogP contribution in [0.4, 0.5) is 11.4 Å². The zero-order valence-electron chi connectivity index (χ0n) is 10.8. The molecule has 0 atom stereocenters. The number of primary sulfonamides is 1. The quantitative estimate of drug-likeness (QED) is 0.680. The molecule has 0 spiro atoms. The molecule has 0 amide bonds. The monoisotopic (exact) mass is 284 g/mol. The summed E-state index contributed by atoms with van der Waals surface area (Å²) in [7, 11) is -3.69. The Morgan fingerprint density at radius 3 is 2.58 bits per heavy atom. The number of hydrogen-bond acceptors (Lipinski definition) is 5. The van der Waals surface area contributed by atoms with Gasteiger partial charge in [-0.05, 0) is 44.1 Å². The van der Waals surface area contributed by atoms with Crippen molar-refractivity contribution in [3.05, 3.63) is 18.2 Å². The van der Waals surface area contributed by atoms with Crippen LogP contribution in [0.2, 0.25) is 0 Å². The van der Waals surface area contributed by atoms with Gasteiger partial charge in [0.15, 0.2) is 0 Å². The van der Waals surface area contributed by atoms with Crippen LogP contribution < -0.4 is 16.2 Å². The van der Waals surface area contributed by atoms with Gasteiger partial charge in [-0.1, -0.05) is 0 Å². The zero-order chi connectivity index (χ0) is 13.9. The largest absolute Gasteiger partial charge is 0.397 e. The first-order chi connectivity index (χ1) is 8.97. The summed E-state index contributed by atoms with van der Waals surface area (Å²) in [5, 5.41) is 8.26. The van der Waals surface area contributed by atoms with E-state index in [2.05, 4.69) is 10.2 Å². The number of benzene rings is 1. The van der Waals surface area contributed by atoms with E-state index in [9.17, 15) is 8.42 Å². The number of likely N-dealkylation sites (tertiary alicyclic amines) is 1. The molecule has 0 bridgehead atoms. The highest BCUT2D eigenvalue weighted by molar-refractivity contribution is 7.89. The van der Waals surface area contributed by atoms with Crippen LogP contribution in [-0.2, 0) is 10.0 Å². The Labute approximate surface area is 113 Å². The van der Waals surface area contributed by atoms with Crippen LogP contribution in [0, 0.1) is 0 Å². The SMILES string of the molecule is Nc1ccc(S(N)(=O)=O)cc1NCCN1CCCC1. The molecule has 5 N–H and O–H groups in total. The lowest BCUT2D eigenvalue weighted by molar-refractivity contribution is 0.353. The van der Waals surface area contributed by atoms with E-state index in [1.807, 2.05) is 0 Å². The minimum Gasteiger partial charge on any atom is -0.397 e. The molecule has 1 aliphatic rings. The van der Waals surface area contributed by atoms with Gasteiger partial charge in [-0.25, -0.2) is 13.6 Å². The minimum absolute atomic E-state index is 0.0744. The van der Waals surface area contributed by atoms with E-state index in [4.69, 9.17) is 10.9 Å². The molecule has 0 aliphatic carbocycles. The first-order valence-electron chi connectivity index (χ1n) is 6.35. The molecule has 1 aromatic rings. The first-order valence-corrected chi connectivity index (χ1v) is 7.90. The molecular formula is C12H20N4O2S. The third kappa shape index (κ3) is 3.82. The molecule has 0 radical (unpaired) electrons. The van der Waals surface area contributed by atoms with E-state index < -0.39 is 10.0 Å². The molecule has 7 heteroatoms. The summed E-state index contributed by atoms with van der Waals surface area (Å²) in [4.78, 5) is 2.44. The third-order valence-corrected chi connectivity index (χ3v) is 4.21. The summed E-state index contributed by atoms with van der Waals surface area (Å²) in [6.45, 7) is 3.93. The number of rotatable bonds is 5. The summed E-state index contributed by atoms with van der Waals surface area (Å²) in [5.74, 6) is 0. The van der Waals surface area contributed by atoms with E-state index in [1.54, 1.807) is 6.07 Å². The van der Waals surface area contributed by atoms with Gasteiger partial charge < -0.3 is 16.0 Å². The third-order valence-electron chi connectivity index (χ3n) is 3.30. The highest BCUT2D eigenvalue weighted by Crippen LogP contribution is 2.22. The van der Waals surface area contributed by atoms with Gasteiger partial charge in [0, 0.05) is 13.1 Å². The smallest absolute Gasteiger partial charge is 0.238 e. The molecule has 0 unspecified atom stereocenters. The summed E-state index contributed by atoms with van der Waals surface area (Å²) >= 11 is 0. The maximum absolute atomic E-state index is 11.3. The molecule has 1 saturated heterocycles. The van der Waals surface area contributed by atoms with Crippen molar-refractivity contribution in [1.29, 1.82) is 0 Å². The average molecular weight is 284 g/mol. The minimum atomic E-state index is -3.69. The Morgan fingerprint density at radius 2 is 1.95 bits per heavy atom. The van der Waals surface area contributed by atoms with Gasteiger partial charge in [-0.3, -0.25) is 0 Å². The van der Waals surface area contributed by atoms with E-state index >= 15 is 0 Å². The van der Waals surface area contributed by atoms with Gasteiger partial charge in [-0.2, -0.15) is 0 Å². The zero-order valence-corrected chi connectivity index (χ0v) is 11.6. The molecular weight excluding hydrogens is 264 g/mol. The molecule has 1 aromatic carbocycles. The molecule has 0 aromatic heterocycles. The van der Waals surface area contributed by atoms with Crippen LogP contribution in [0.15, 0.2) is 23.1 Å². The van der Waals surface area contributed by atoms with Gasteiger partial charge >= 0.3 is 0 Å². The van der Waals surface area contributed by atoms with Crippen molar-refractivity contribution in [2.45, 2.75) is 17.7 Å². The molecule has 1 aliphatic heterocycles. The highest BCUT2D eigenvalue weighted by atomic mass is 32.2. The van der Waals surface area contributed by atoms with Gasteiger partial charge in [0.2, 0.25) is 10.0 Å². The van der Waals surface area contributed by atoms with Crippen LogP contribution in [0.1, 0.15) is 12.8 Å². The van der Waals surface area contributed by atoms with Crippen LogP contribution in [0.25, 0.3) is 0 Å². The summed E-state index contributed by atoms with van der Waals surface area (Å²) in [6, 6.07) is 4.45. The van der Waals surface area contributed by atoms with Crippen molar-refractivity contribution < 1.29 is 8.42 Å². The molecule has 106 valence electrons. The molecule has 6 nitrogen and oxygen atoms in total. The van der Waals surface area contributed by atoms with Gasteiger partial charge in [0.1, 0.15) is 0 Å². The molecule has 1 heterocycles. The Balaban J connectivity index is 1.98. The number of nitrogens with two attached hydrogens (primary N) is 2. The molecule has 0 saturated carbocycles. The van der Waals surface area contributed by atoms with E-state index in [-0.39, 0.29) is 4.90 Å². The fourth-order valence-electron chi connectivity index (χ4n) is 2.22. The maximum atomic E-state index is 11.3. The van der Waals surface area contributed by atoms with Gasteiger partial charge in [-0.15, -0.1) is 0 Å². The summed E-state index contributed by atoms with van der Waals surface area (Å²) in [5.41, 5.74) is 6.95. The Bertz CT molecular complexity index is 539. The predicted molar refractivity (Wildman–Crippen MR) is 76.4 cm³/mol. The van der Waals surface area contributed by atoms with Crippen LogP contribution in [-0.4, -0.2) is 39.5 Å². The van der Waals surface area contributed by atoms with E-state index in [0.29, 0.717) is 11.4 Å². The van der Waals surface area contributed by atoms with Crippen molar-refractivity contribution in [3.8, 4) is 0 Å². The normalized spacial score (nSPS) is 16.7. The van der Waals surface area contributed by atoms with Crippen molar-refractivity contribution in [1.82, 2.24) is 4.90 Å². The van der Waals surface area contributed by atoms with Crippen molar-refractivity contribution in [2.75, 3.05) is 37.2 Å². The van der Waals surface area contributed by atoms with Crippen molar-refractivity contribution in [2.24, 2.45) is 5.14 Å². The van der Waals surface area contributed by atoms with Crippen molar-refractivity contribution in [3.63, 3.8) is 0 Å². The van der Waals surface area contributed by atoms with E-state index in [0.717, 1.165) is 26.2 Å². The fourth-order valence-corrected chi connectivity index (χ4v) is 2.76. The second-order valence-corrected chi connectivity index (χ2v) is 6.33. The predicted octanol–water partition coefficient (Wildman–Crippen LogP) is 0.424. The average Bonchev–Trinajstić information content (AvgIpc) is 2.83. The number of nitrogens with zero attached hydrogens (tertiary/aromatic N) is 1. The number of nitrogen functional groups attached to an aromatic ring is 1. The van der Waals surface area contributed by atoms with Crippen LogP contribution in [0.5, 0.6) is 0 Å². The lowest BCUT2D eigenvalue weighted by Gasteiger charge is -2.16. The van der Waals surface area contributed by atoms with Gasteiger partial charge in [0.25, 0.3) is 0 Å². The summed E-state index contributed by atoms with van der Waals surface area (Å²) < 4.78 is 22.6. The maximum Gasteiger partial charge on any atom is 0.238 e.